The molecule has 0 radical (unpaired) electrons. The Bertz CT molecular complexity index is 1120. The maximum Gasteiger partial charge on any atom is 0.237 e. The Labute approximate surface area is 217 Å². The van der Waals surface area contributed by atoms with E-state index in [1.807, 2.05) is 6.92 Å². The zero-order valence-electron chi connectivity index (χ0n) is 21.9. The molecule has 8 heteroatoms. The summed E-state index contributed by atoms with van der Waals surface area (Å²) in [6.07, 6.45) is 7.68. The number of benzene rings is 1. The van der Waals surface area contributed by atoms with Gasteiger partial charge >= 0.3 is 0 Å². The van der Waals surface area contributed by atoms with E-state index in [1.165, 1.54) is 12.1 Å². The number of halogens is 2. The van der Waals surface area contributed by atoms with Crippen molar-refractivity contribution in [2.75, 3.05) is 11.9 Å². The van der Waals surface area contributed by atoms with E-state index < -0.39 is 28.5 Å². The van der Waals surface area contributed by atoms with E-state index in [2.05, 4.69) is 29.5 Å². The third-order valence-electron chi connectivity index (χ3n) is 8.15. The molecule has 0 aliphatic heterocycles. The van der Waals surface area contributed by atoms with Gasteiger partial charge in [0.15, 0.2) is 0 Å². The number of hydrogen-bond acceptors (Lipinski definition) is 4. The Hall–Kier alpha value is -2.87. The quantitative estimate of drug-likeness (QED) is 0.443. The lowest BCUT2D eigenvalue weighted by molar-refractivity contribution is -0.131. The summed E-state index contributed by atoms with van der Waals surface area (Å²) in [7, 11) is 0. The van der Waals surface area contributed by atoms with Crippen molar-refractivity contribution in [1.29, 1.82) is 0 Å². The van der Waals surface area contributed by atoms with Crippen molar-refractivity contribution in [3.05, 3.63) is 59.9 Å². The first-order valence-corrected chi connectivity index (χ1v) is 13.2. The fraction of sp³-hybridized carbons (Fsp3) is 0.552. The first-order valence-electron chi connectivity index (χ1n) is 13.2. The SMILES string of the molecule is CC(C)CC1CC(C(N)C(=O)NCC2(c3ccc(F)cc3F)CC2)CC(C)(C(=O)Nc2ccncc2)C1. The Morgan fingerprint density at radius 2 is 1.84 bits per heavy atom. The van der Waals surface area contributed by atoms with Gasteiger partial charge in [-0.15, -0.1) is 0 Å². The van der Waals surface area contributed by atoms with Gasteiger partial charge in [-0.2, -0.15) is 0 Å². The molecule has 200 valence electrons. The van der Waals surface area contributed by atoms with E-state index >= 15 is 0 Å². The van der Waals surface area contributed by atoms with Crippen LogP contribution in [0.5, 0.6) is 0 Å². The molecule has 1 aromatic carbocycles. The molecule has 4 N–H and O–H groups in total. The molecule has 6 nitrogen and oxygen atoms in total. The van der Waals surface area contributed by atoms with E-state index in [0.29, 0.717) is 23.6 Å². The van der Waals surface area contributed by atoms with Gasteiger partial charge in [0.2, 0.25) is 11.8 Å². The van der Waals surface area contributed by atoms with Gasteiger partial charge in [0, 0.05) is 41.5 Å². The minimum absolute atomic E-state index is 0.0755. The molecular weight excluding hydrogens is 474 g/mol. The number of pyridine rings is 1. The van der Waals surface area contributed by atoms with E-state index in [1.54, 1.807) is 24.5 Å². The van der Waals surface area contributed by atoms with Crippen LogP contribution < -0.4 is 16.4 Å². The van der Waals surface area contributed by atoms with Crippen LogP contribution in [0.3, 0.4) is 0 Å². The monoisotopic (exact) mass is 512 g/mol. The lowest BCUT2D eigenvalue weighted by Crippen LogP contribution is -2.52. The minimum Gasteiger partial charge on any atom is -0.354 e. The average Bonchev–Trinajstić information content (AvgIpc) is 3.62. The van der Waals surface area contributed by atoms with Crippen molar-refractivity contribution in [3.63, 3.8) is 0 Å². The predicted octanol–water partition coefficient (Wildman–Crippen LogP) is 4.94. The summed E-state index contributed by atoms with van der Waals surface area (Å²) in [5.74, 6) is -1.00. The molecule has 4 atom stereocenters. The molecule has 1 heterocycles. The third-order valence-corrected chi connectivity index (χ3v) is 8.15. The maximum atomic E-state index is 14.4. The molecule has 2 aliphatic carbocycles. The van der Waals surface area contributed by atoms with Gasteiger partial charge < -0.3 is 16.4 Å². The minimum atomic E-state index is -0.781. The molecule has 2 aliphatic rings. The highest BCUT2D eigenvalue weighted by molar-refractivity contribution is 5.95. The third kappa shape index (κ3) is 6.35. The number of carbonyl (C=O) groups is 2. The van der Waals surface area contributed by atoms with Gasteiger partial charge in [0.25, 0.3) is 0 Å². The van der Waals surface area contributed by atoms with Gasteiger partial charge in [-0.05, 0) is 80.0 Å². The summed E-state index contributed by atoms with van der Waals surface area (Å²) < 4.78 is 27.8. The predicted molar refractivity (Wildman–Crippen MR) is 140 cm³/mol. The van der Waals surface area contributed by atoms with Crippen LogP contribution in [0, 0.1) is 34.8 Å². The first-order chi connectivity index (χ1) is 17.5. The highest BCUT2D eigenvalue weighted by atomic mass is 19.1. The van der Waals surface area contributed by atoms with E-state index in [-0.39, 0.29) is 30.2 Å². The van der Waals surface area contributed by atoms with Gasteiger partial charge in [-0.3, -0.25) is 14.6 Å². The molecule has 4 unspecified atom stereocenters. The molecule has 37 heavy (non-hydrogen) atoms. The summed E-state index contributed by atoms with van der Waals surface area (Å²) in [5, 5.41) is 5.96. The Morgan fingerprint density at radius 1 is 1.14 bits per heavy atom. The molecule has 0 bridgehead atoms. The molecule has 1 aromatic heterocycles. The number of nitrogens with zero attached hydrogens (tertiary/aromatic N) is 1. The first kappa shape index (κ1) is 27.2. The van der Waals surface area contributed by atoms with Gasteiger partial charge in [0.1, 0.15) is 11.6 Å². The second kappa shape index (κ2) is 10.9. The molecule has 2 aromatic rings. The molecule has 2 saturated carbocycles. The number of nitrogens with one attached hydrogen (secondary N) is 2. The number of amides is 2. The standard InChI is InChI=1S/C29H38F2N4O2/c1-18(2)12-19-13-20(16-28(3,15-19)27(37)35-22-6-10-33-11-7-22)25(32)26(36)34-17-29(8-9-29)23-5-4-21(30)14-24(23)31/h4-7,10-11,14,18-20,25H,8-9,12-13,15-17,32H2,1-3H3,(H,34,36)(H,33,35,37). The van der Waals surface area contributed by atoms with Crippen LogP contribution in [0.2, 0.25) is 0 Å². The van der Waals surface area contributed by atoms with E-state index in [0.717, 1.165) is 38.2 Å². The van der Waals surface area contributed by atoms with Crippen LogP contribution in [0.4, 0.5) is 14.5 Å². The zero-order chi connectivity index (χ0) is 26.8. The maximum absolute atomic E-state index is 14.4. The highest BCUT2D eigenvalue weighted by Gasteiger charge is 2.48. The second-order valence-electron chi connectivity index (χ2n) is 11.8. The van der Waals surface area contributed by atoms with Crippen LogP contribution in [0.15, 0.2) is 42.7 Å². The van der Waals surface area contributed by atoms with Crippen molar-refractivity contribution in [2.45, 2.75) is 70.8 Å². The topological polar surface area (TPSA) is 97.1 Å². The van der Waals surface area contributed by atoms with Crippen LogP contribution in [-0.2, 0) is 15.0 Å². The normalized spacial score (nSPS) is 25.4. The second-order valence-corrected chi connectivity index (χ2v) is 11.8. The van der Waals surface area contributed by atoms with Crippen molar-refractivity contribution in [2.24, 2.45) is 28.9 Å². The Kier molecular flexibility index (Phi) is 7.97. The van der Waals surface area contributed by atoms with Crippen molar-refractivity contribution >= 4 is 17.5 Å². The number of rotatable bonds is 9. The van der Waals surface area contributed by atoms with Crippen LogP contribution >= 0.6 is 0 Å². The van der Waals surface area contributed by atoms with Gasteiger partial charge in [-0.25, -0.2) is 8.78 Å². The molecule has 0 spiro atoms. The van der Waals surface area contributed by atoms with Gasteiger partial charge in [0.05, 0.1) is 6.04 Å². The lowest BCUT2D eigenvalue weighted by atomic mass is 9.62. The van der Waals surface area contributed by atoms with E-state index in [9.17, 15) is 18.4 Å². The van der Waals surface area contributed by atoms with Crippen LogP contribution in [-0.4, -0.2) is 29.4 Å². The smallest absolute Gasteiger partial charge is 0.237 e. The molecule has 2 fully saturated rings. The van der Waals surface area contributed by atoms with Crippen LogP contribution in [0.1, 0.15) is 64.9 Å². The van der Waals surface area contributed by atoms with Crippen molar-refractivity contribution in [1.82, 2.24) is 10.3 Å². The fourth-order valence-electron chi connectivity index (χ4n) is 6.12. The van der Waals surface area contributed by atoms with Crippen molar-refractivity contribution < 1.29 is 18.4 Å². The number of nitrogens with two attached hydrogens (primary N) is 1. The average molecular weight is 513 g/mol. The van der Waals surface area contributed by atoms with E-state index in [4.69, 9.17) is 5.73 Å². The molecule has 2 amide bonds. The van der Waals surface area contributed by atoms with Crippen molar-refractivity contribution in [3.8, 4) is 0 Å². The molecule has 0 saturated heterocycles. The summed E-state index contributed by atoms with van der Waals surface area (Å²) in [6, 6.07) is 6.33. The van der Waals surface area contributed by atoms with Crippen LogP contribution in [0.25, 0.3) is 0 Å². The zero-order valence-corrected chi connectivity index (χ0v) is 21.9. The molecular formula is C29H38F2N4O2. The number of aromatic nitrogens is 1. The summed E-state index contributed by atoms with van der Waals surface area (Å²) >= 11 is 0. The number of carbonyl (C=O) groups excluding carboxylic acids is 2. The lowest BCUT2D eigenvalue weighted by Gasteiger charge is -2.43. The Balaban J connectivity index is 1.44. The highest BCUT2D eigenvalue weighted by Crippen LogP contribution is 2.49. The van der Waals surface area contributed by atoms with Gasteiger partial charge in [-0.1, -0.05) is 26.8 Å². The Morgan fingerprint density at radius 3 is 2.46 bits per heavy atom. The number of hydrogen-bond donors (Lipinski definition) is 3. The summed E-state index contributed by atoms with van der Waals surface area (Å²) in [6.45, 7) is 6.54. The largest absolute Gasteiger partial charge is 0.354 e. The number of anilines is 1. The summed E-state index contributed by atoms with van der Waals surface area (Å²) in [5.41, 5.74) is 6.46. The summed E-state index contributed by atoms with van der Waals surface area (Å²) in [4.78, 5) is 30.6. The molecule has 4 rings (SSSR count). The fourth-order valence-corrected chi connectivity index (χ4v) is 6.12.